The summed E-state index contributed by atoms with van der Waals surface area (Å²) in [6, 6.07) is 9.19. The summed E-state index contributed by atoms with van der Waals surface area (Å²) in [5.41, 5.74) is 0.720. The summed E-state index contributed by atoms with van der Waals surface area (Å²) in [4.78, 5) is 11.4. The van der Waals surface area contributed by atoms with Crippen LogP contribution in [0.2, 0.25) is 0 Å². The number of amides is 1. The van der Waals surface area contributed by atoms with E-state index in [4.69, 9.17) is 9.47 Å². The first-order valence-corrected chi connectivity index (χ1v) is 6.60. The Morgan fingerprint density at radius 2 is 1.89 bits per heavy atom. The van der Waals surface area contributed by atoms with Crippen molar-refractivity contribution in [3.05, 3.63) is 30.3 Å². The molecule has 0 aromatic heterocycles. The fraction of sp³-hybridized carbons (Fsp3) is 0.500. The van der Waals surface area contributed by atoms with Crippen molar-refractivity contribution in [2.75, 3.05) is 38.2 Å². The van der Waals surface area contributed by atoms with Crippen molar-refractivity contribution in [3.63, 3.8) is 0 Å². The fourth-order valence-electron chi connectivity index (χ4n) is 1.42. The molecule has 1 aromatic carbocycles. The van der Waals surface area contributed by atoms with Gasteiger partial charge in [-0.25, -0.2) is 4.79 Å². The minimum Gasteiger partial charge on any atom is -0.447 e. The van der Waals surface area contributed by atoms with Gasteiger partial charge in [0.25, 0.3) is 0 Å². The maximum atomic E-state index is 11.4. The summed E-state index contributed by atoms with van der Waals surface area (Å²) in [6.45, 7) is 5.24. The highest BCUT2D eigenvalue weighted by Gasteiger charge is 2.01. The van der Waals surface area contributed by atoms with Crippen LogP contribution >= 0.6 is 0 Å². The summed E-state index contributed by atoms with van der Waals surface area (Å²) >= 11 is 0. The average molecular weight is 266 g/mol. The van der Waals surface area contributed by atoms with Gasteiger partial charge in [0.1, 0.15) is 6.61 Å². The lowest BCUT2D eigenvalue weighted by atomic mass is 10.3. The minimum atomic E-state index is -0.459. The lowest BCUT2D eigenvalue weighted by Crippen LogP contribution is -2.22. The number of para-hydroxylation sites is 1. The number of hydrogen-bond donors (Lipinski definition) is 2. The lowest BCUT2D eigenvalue weighted by molar-refractivity contribution is 0.0796. The van der Waals surface area contributed by atoms with Gasteiger partial charge in [0.05, 0.1) is 13.2 Å². The molecule has 0 saturated heterocycles. The zero-order chi connectivity index (χ0) is 13.8. The third-order valence-electron chi connectivity index (χ3n) is 2.33. The van der Waals surface area contributed by atoms with Gasteiger partial charge in [-0.15, -0.1) is 0 Å². The molecular weight excluding hydrogens is 244 g/mol. The summed E-state index contributed by atoms with van der Waals surface area (Å²) in [7, 11) is 0. The first kappa shape index (κ1) is 15.5. The smallest absolute Gasteiger partial charge is 0.411 e. The molecule has 1 aromatic rings. The van der Waals surface area contributed by atoms with E-state index in [-0.39, 0.29) is 6.61 Å². The first-order chi connectivity index (χ1) is 9.33. The van der Waals surface area contributed by atoms with Gasteiger partial charge in [0, 0.05) is 12.2 Å². The normalized spacial score (nSPS) is 10.2. The second kappa shape index (κ2) is 10.3. The van der Waals surface area contributed by atoms with Crippen molar-refractivity contribution < 1.29 is 14.3 Å². The predicted molar refractivity (Wildman–Crippen MR) is 75.4 cm³/mol. The van der Waals surface area contributed by atoms with E-state index in [0.29, 0.717) is 13.2 Å². The van der Waals surface area contributed by atoms with E-state index < -0.39 is 6.09 Å². The third-order valence-corrected chi connectivity index (χ3v) is 2.33. The molecule has 0 aliphatic rings. The van der Waals surface area contributed by atoms with Gasteiger partial charge < -0.3 is 14.8 Å². The zero-order valence-corrected chi connectivity index (χ0v) is 11.4. The predicted octanol–water partition coefficient (Wildman–Crippen LogP) is 2.25. The SMILES string of the molecule is CCCNCCOCCOC(=O)Nc1ccccc1. The van der Waals surface area contributed by atoms with Gasteiger partial charge in [0.2, 0.25) is 0 Å². The molecule has 0 heterocycles. The van der Waals surface area contributed by atoms with E-state index in [1.165, 1.54) is 0 Å². The van der Waals surface area contributed by atoms with Crippen LogP contribution in [0.3, 0.4) is 0 Å². The van der Waals surface area contributed by atoms with Crippen LogP contribution in [0, 0.1) is 0 Å². The maximum absolute atomic E-state index is 11.4. The molecule has 5 heteroatoms. The van der Waals surface area contributed by atoms with Gasteiger partial charge in [-0.2, -0.15) is 0 Å². The molecule has 1 rings (SSSR count). The van der Waals surface area contributed by atoms with E-state index in [1.807, 2.05) is 18.2 Å². The van der Waals surface area contributed by atoms with E-state index in [0.717, 1.165) is 25.2 Å². The molecule has 0 bridgehead atoms. The zero-order valence-electron chi connectivity index (χ0n) is 11.4. The van der Waals surface area contributed by atoms with Crippen LogP contribution in [0.4, 0.5) is 10.5 Å². The Balaban J connectivity index is 1.96. The molecule has 0 aliphatic heterocycles. The Labute approximate surface area is 114 Å². The fourth-order valence-corrected chi connectivity index (χ4v) is 1.42. The number of anilines is 1. The second-order valence-corrected chi connectivity index (χ2v) is 3.99. The molecule has 0 spiro atoms. The molecule has 19 heavy (non-hydrogen) atoms. The molecule has 2 N–H and O–H groups in total. The molecule has 0 fully saturated rings. The van der Waals surface area contributed by atoms with Crippen molar-refractivity contribution >= 4 is 11.8 Å². The Morgan fingerprint density at radius 1 is 1.11 bits per heavy atom. The highest BCUT2D eigenvalue weighted by atomic mass is 16.6. The molecule has 0 aliphatic carbocycles. The molecular formula is C14H22N2O3. The van der Waals surface area contributed by atoms with Gasteiger partial charge >= 0.3 is 6.09 Å². The second-order valence-electron chi connectivity index (χ2n) is 3.99. The van der Waals surface area contributed by atoms with E-state index in [1.54, 1.807) is 12.1 Å². The summed E-state index contributed by atoms with van der Waals surface area (Å²) in [6.07, 6.45) is 0.655. The van der Waals surface area contributed by atoms with E-state index in [9.17, 15) is 4.79 Å². The van der Waals surface area contributed by atoms with E-state index in [2.05, 4.69) is 17.6 Å². The summed E-state index contributed by atoms with van der Waals surface area (Å²) in [5, 5.41) is 5.85. The van der Waals surface area contributed by atoms with E-state index >= 15 is 0 Å². The van der Waals surface area contributed by atoms with Crippen LogP contribution in [-0.4, -0.2) is 39.0 Å². The van der Waals surface area contributed by atoms with Gasteiger partial charge in [-0.1, -0.05) is 25.1 Å². The van der Waals surface area contributed by atoms with Crippen molar-refractivity contribution in [2.45, 2.75) is 13.3 Å². The summed E-state index contributed by atoms with van der Waals surface area (Å²) < 4.78 is 10.3. The number of benzene rings is 1. The van der Waals surface area contributed by atoms with Crippen molar-refractivity contribution in [3.8, 4) is 0 Å². The maximum Gasteiger partial charge on any atom is 0.411 e. The first-order valence-electron chi connectivity index (χ1n) is 6.60. The van der Waals surface area contributed by atoms with Gasteiger partial charge in [0.15, 0.2) is 0 Å². The topological polar surface area (TPSA) is 59.6 Å². The van der Waals surface area contributed by atoms with Crippen LogP contribution in [0.5, 0.6) is 0 Å². The number of nitrogens with one attached hydrogen (secondary N) is 2. The number of ether oxygens (including phenoxy) is 2. The highest BCUT2D eigenvalue weighted by molar-refractivity contribution is 5.84. The quantitative estimate of drug-likeness (QED) is 0.673. The summed E-state index contributed by atoms with van der Waals surface area (Å²) in [5.74, 6) is 0. The van der Waals surface area contributed by atoms with Crippen LogP contribution in [0.15, 0.2) is 30.3 Å². The van der Waals surface area contributed by atoms with Crippen LogP contribution in [-0.2, 0) is 9.47 Å². The van der Waals surface area contributed by atoms with Crippen molar-refractivity contribution in [1.82, 2.24) is 5.32 Å². The number of rotatable bonds is 9. The number of hydrogen-bond acceptors (Lipinski definition) is 4. The van der Waals surface area contributed by atoms with Crippen molar-refractivity contribution in [2.24, 2.45) is 0 Å². The average Bonchev–Trinajstić information content (AvgIpc) is 2.43. The van der Waals surface area contributed by atoms with Crippen LogP contribution < -0.4 is 10.6 Å². The lowest BCUT2D eigenvalue weighted by Gasteiger charge is -2.08. The largest absolute Gasteiger partial charge is 0.447 e. The number of carbonyl (C=O) groups excluding carboxylic acids is 1. The molecule has 1 amide bonds. The van der Waals surface area contributed by atoms with Gasteiger partial charge in [-0.05, 0) is 25.1 Å². The van der Waals surface area contributed by atoms with Crippen LogP contribution in [0.1, 0.15) is 13.3 Å². The van der Waals surface area contributed by atoms with Crippen LogP contribution in [0.25, 0.3) is 0 Å². The molecule has 5 nitrogen and oxygen atoms in total. The molecule has 0 unspecified atom stereocenters. The minimum absolute atomic E-state index is 0.256. The third kappa shape index (κ3) is 8.18. The van der Waals surface area contributed by atoms with Gasteiger partial charge in [-0.3, -0.25) is 5.32 Å². The molecule has 106 valence electrons. The highest BCUT2D eigenvalue weighted by Crippen LogP contribution is 2.04. The Kier molecular flexibility index (Phi) is 8.42. The number of carbonyl (C=O) groups is 1. The Hall–Kier alpha value is -1.59. The Morgan fingerprint density at radius 3 is 2.63 bits per heavy atom. The molecule has 0 saturated carbocycles. The molecule has 0 atom stereocenters. The Bertz CT molecular complexity index is 344. The molecule has 0 radical (unpaired) electrons. The standard InChI is InChI=1S/C14H22N2O3/c1-2-8-15-9-10-18-11-12-19-14(17)16-13-6-4-3-5-7-13/h3-7,15H,2,8-12H2,1H3,(H,16,17). The monoisotopic (exact) mass is 266 g/mol. The van der Waals surface area contributed by atoms with Crippen molar-refractivity contribution in [1.29, 1.82) is 0 Å².